The SMILES string of the molecule is NC(N)=NCCOc1cccc(-c2ccc(CNC(=O)CCSSc3ccccn3)c(OCCN=C(N)N)c2OCCN=C(N)N)c1OCCN=C(N)N. The van der Waals surface area contributed by atoms with Crippen molar-refractivity contribution < 1.29 is 23.7 Å². The largest absolute Gasteiger partial charge is 0.488 e. The topological polar surface area (TPSA) is 337 Å². The van der Waals surface area contributed by atoms with Crippen molar-refractivity contribution in [1.82, 2.24) is 10.3 Å². The highest BCUT2D eigenvalue weighted by atomic mass is 33.1. The molecule has 0 fully saturated rings. The number of aliphatic imine (C=N–C) groups is 4. The fourth-order valence-electron chi connectivity index (χ4n) is 4.46. The molecule has 0 saturated heterocycles. The van der Waals surface area contributed by atoms with Crippen LogP contribution < -0.4 is 70.1 Å². The summed E-state index contributed by atoms with van der Waals surface area (Å²) in [5.41, 5.74) is 46.0. The van der Waals surface area contributed by atoms with E-state index < -0.39 is 0 Å². The number of ether oxygens (including phenoxy) is 4. The fourth-order valence-corrected chi connectivity index (χ4v) is 6.33. The number of pyridine rings is 1. The molecule has 0 aliphatic heterocycles. The van der Waals surface area contributed by atoms with Crippen LogP contribution in [-0.2, 0) is 11.3 Å². The lowest BCUT2D eigenvalue weighted by Crippen LogP contribution is -2.25. The molecule has 1 amide bonds. The molecule has 0 bridgehead atoms. The number of carbonyl (C=O) groups is 1. The number of aromatic nitrogens is 1. The van der Waals surface area contributed by atoms with Gasteiger partial charge in [-0.3, -0.25) is 24.8 Å². The summed E-state index contributed by atoms with van der Waals surface area (Å²) in [7, 11) is 3.04. The van der Waals surface area contributed by atoms with E-state index in [9.17, 15) is 4.79 Å². The lowest BCUT2D eigenvalue weighted by molar-refractivity contribution is -0.120. The molecule has 292 valence electrons. The zero-order chi connectivity index (χ0) is 39.1. The van der Waals surface area contributed by atoms with Crippen molar-refractivity contribution in [2.45, 2.75) is 18.0 Å². The Kier molecular flexibility index (Phi) is 18.5. The number of guanidine groups is 4. The number of nitrogens with two attached hydrogens (primary N) is 8. The number of para-hydroxylation sites is 1. The van der Waals surface area contributed by atoms with Gasteiger partial charge in [0.15, 0.2) is 46.8 Å². The maximum atomic E-state index is 12.9. The third-order valence-electron chi connectivity index (χ3n) is 6.67. The van der Waals surface area contributed by atoms with Crippen molar-refractivity contribution in [2.75, 3.05) is 58.4 Å². The zero-order valence-electron chi connectivity index (χ0n) is 29.7. The van der Waals surface area contributed by atoms with Gasteiger partial charge in [-0.25, -0.2) is 4.98 Å². The minimum Gasteiger partial charge on any atom is -0.488 e. The minimum absolute atomic E-state index is 0.0610. The first-order valence-electron chi connectivity index (χ1n) is 16.5. The summed E-state index contributed by atoms with van der Waals surface area (Å²) in [6, 6.07) is 14.6. The number of carbonyl (C=O) groups excluding carboxylic acids is 1. The third-order valence-corrected chi connectivity index (χ3v) is 8.94. The Morgan fingerprint density at radius 3 is 1.76 bits per heavy atom. The Bertz CT molecular complexity index is 1750. The number of nitrogens with one attached hydrogen (secondary N) is 1. The van der Waals surface area contributed by atoms with E-state index in [1.807, 2.05) is 36.4 Å². The van der Waals surface area contributed by atoms with Crippen LogP contribution >= 0.6 is 21.6 Å². The van der Waals surface area contributed by atoms with E-state index in [0.29, 0.717) is 45.4 Å². The molecule has 2 aromatic carbocycles. The van der Waals surface area contributed by atoms with Crippen LogP contribution in [0.15, 0.2) is 79.7 Å². The highest BCUT2D eigenvalue weighted by molar-refractivity contribution is 8.76. The Labute approximate surface area is 321 Å². The van der Waals surface area contributed by atoms with E-state index in [2.05, 4.69) is 30.3 Å². The first-order valence-corrected chi connectivity index (χ1v) is 18.9. The second-order valence-electron chi connectivity index (χ2n) is 10.8. The molecule has 3 aromatic rings. The highest BCUT2D eigenvalue weighted by Crippen LogP contribution is 2.47. The molecule has 21 heteroatoms. The molecule has 1 aromatic heterocycles. The molecule has 0 atom stereocenters. The highest BCUT2D eigenvalue weighted by Gasteiger charge is 2.23. The molecule has 0 spiro atoms. The van der Waals surface area contributed by atoms with Gasteiger partial charge in [-0.1, -0.05) is 35.1 Å². The van der Waals surface area contributed by atoms with Crippen molar-refractivity contribution in [1.29, 1.82) is 0 Å². The van der Waals surface area contributed by atoms with Crippen LogP contribution in [0.25, 0.3) is 11.1 Å². The zero-order valence-corrected chi connectivity index (χ0v) is 31.3. The summed E-state index contributed by atoms with van der Waals surface area (Å²) in [6.45, 7) is 1.16. The van der Waals surface area contributed by atoms with Crippen molar-refractivity contribution in [3.63, 3.8) is 0 Å². The number of rotatable bonds is 24. The van der Waals surface area contributed by atoms with Crippen LogP contribution in [0.3, 0.4) is 0 Å². The number of nitrogens with zero attached hydrogens (tertiary/aromatic N) is 5. The first kappa shape index (κ1) is 42.5. The summed E-state index contributed by atoms with van der Waals surface area (Å²) in [4.78, 5) is 33.3. The Hall–Kier alpha value is -5.96. The number of amides is 1. The summed E-state index contributed by atoms with van der Waals surface area (Å²) < 4.78 is 24.9. The van der Waals surface area contributed by atoms with Gasteiger partial charge in [-0.15, -0.1) is 0 Å². The average molecular weight is 785 g/mol. The van der Waals surface area contributed by atoms with Crippen LogP contribution in [0.1, 0.15) is 12.0 Å². The molecule has 17 N–H and O–H groups in total. The normalized spacial score (nSPS) is 10.4. The molecule has 19 nitrogen and oxygen atoms in total. The quantitative estimate of drug-likeness (QED) is 0.0246. The minimum atomic E-state index is -0.156. The molecule has 0 aliphatic rings. The molecule has 0 unspecified atom stereocenters. The van der Waals surface area contributed by atoms with E-state index in [1.54, 1.807) is 18.3 Å². The Morgan fingerprint density at radius 2 is 1.19 bits per heavy atom. The van der Waals surface area contributed by atoms with Crippen molar-refractivity contribution in [3.8, 4) is 34.1 Å². The van der Waals surface area contributed by atoms with Crippen molar-refractivity contribution >= 4 is 51.3 Å². The first-order chi connectivity index (χ1) is 26.0. The van der Waals surface area contributed by atoms with Gasteiger partial charge in [0.2, 0.25) is 5.91 Å². The van der Waals surface area contributed by atoms with Gasteiger partial charge in [0.25, 0.3) is 0 Å². The number of hydrogen-bond donors (Lipinski definition) is 9. The standard InChI is InChI=1S/C33H48N14O5S2/c34-30(35)43-11-15-49-24-5-3-4-22(28(24)51-17-13-45-32(38)39)23-8-7-21(20-47-25(48)9-19-53-54-26-6-1-2-10-42-26)27(50-16-12-44-31(36)37)29(23)52-18-14-46-33(40)41/h1-8,10H,9,11-20H2,(H,47,48)(H4,34,35,43)(H4,36,37,44)(H4,38,39,45)(H4,40,41,46). The van der Waals surface area contributed by atoms with E-state index in [4.69, 9.17) is 64.8 Å². The monoisotopic (exact) mass is 784 g/mol. The van der Waals surface area contributed by atoms with Crippen molar-refractivity contribution in [2.24, 2.45) is 65.8 Å². The molecule has 0 radical (unpaired) electrons. The lowest BCUT2D eigenvalue weighted by Gasteiger charge is -2.22. The summed E-state index contributed by atoms with van der Waals surface area (Å²) in [5, 5.41) is 3.84. The fraction of sp³-hybridized carbons (Fsp3) is 0.333. The van der Waals surface area contributed by atoms with Crippen LogP contribution in [0, 0.1) is 0 Å². The lowest BCUT2D eigenvalue weighted by atomic mass is 9.99. The van der Waals surface area contributed by atoms with Gasteiger partial charge < -0.3 is 70.1 Å². The molecule has 0 aliphatic carbocycles. The molecule has 1 heterocycles. The predicted octanol–water partition coefficient (Wildman–Crippen LogP) is -0.196. The maximum absolute atomic E-state index is 12.9. The van der Waals surface area contributed by atoms with Gasteiger partial charge in [0.1, 0.15) is 31.5 Å². The van der Waals surface area contributed by atoms with Crippen LogP contribution in [0.2, 0.25) is 0 Å². The number of benzene rings is 2. The molecule has 54 heavy (non-hydrogen) atoms. The van der Waals surface area contributed by atoms with Crippen LogP contribution in [0.4, 0.5) is 0 Å². The van der Waals surface area contributed by atoms with E-state index in [-0.39, 0.29) is 95.3 Å². The van der Waals surface area contributed by atoms with E-state index in [1.165, 1.54) is 21.6 Å². The van der Waals surface area contributed by atoms with Gasteiger partial charge >= 0.3 is 0 Å². The second-order valence-corrected chi connectivity index (χ2v) is 13.2. The van der Waals surface area contributed by atoms with E-state index in [0.717, 1.165) is 5.03 Å². The maximum Gasteiger partial charge on any atom is 0.221 e. The Balaban J connectivity index is 2.01. The van der Waals surface area contributed by atoms with Gasteiger partial charge in [0.05, 0.1) is 26.2 Å². The Morgan fingerprint density at radius 1 is 0.630 bits per heavy atom. The smallest absolute Gasteiger partial charge is 0.221 e. The summed E-state index contributed by atoms with van der Waals surface area (Å²) in [5.74, 6) is 1.47. The molecule has 3 rings (SSSR count). The second kappa shape index (κ2) is 23.6. The van der Waals surface area contributed by atoms with E-state index >= 15 is 0 Å². The average Bonchev–Trinajstić information content (AvgIpc) is 3.13. The third kappa shape index (κ3) is 15.7. The molecular formula is C33H48N14O5S2. The molecular weight excluding hydrogens is 737 g/mol. The van der Waals surface area contributed by atoms with Crippen LogP contribution in [-0.4, -0.2) is 93.1 Å². The summed E-state index contributed by atoms with van der Waals surface area (Å²) in [6.07, 6.45) is 2.00. The molecule has 0 saturated carbocycles. The van der Waals surface area contributed by atoms with Crippen molar-refractivity contribution in [3.05, 3.63) is 60.3 Å². The predicted molar refractivity (Wildman–Crippen MR) is 216 cm³/mol. The number of hydrogen-bond acceptors (Lipinski definition) is 12. The summed E-state index contributed by atoms with van der Waals surface area (Å²) >= 11 is 0. The van der Waals surface area contributed by atoms with Gasteiger partial charge in [-0.2, -0.15) is 0 Å². The van der Waals surface area contributed by atoms with Gasteiger partial charge in [0, 0.05) is 41.6 Å². The van der Waals surface area contributed by atoms with Crippen LogP contribution in [0.5, 0.6) is 23.0 Å². The van der Waals surface area contributed by atoms with Gasteiger partial charge in [-0.05, 0) is 35.1 Å².